The molecule has 1 atom stereocenters. The minimum atomic E-state index is -0.475. The molecule has 6 heteroatoms. The molecule has 1 unspecified atom stereocenters. The van der Waals surface area contributed by atoms with Crippen LogP contribution in [0.5, 0.6) is 0 Å². The molecule has 0 aliphatic rings. The average molecular weight is 248 g/mol. The molecular weight excluding hydrogens is 236 g/mol. The van der Waals surface area contributed by atoms with Crippen LogP contribution < -0.4 is 11.1 Å². The van der Waals surface area contributed by atoms with E-state index >= 15 is 0 Å². The second-order valence-corrected chi connectivity index (χ2v) is 4.46. The van der Waals surface area contributed by atoms with E-state index in [2.05, 4.69) is 15.3 Å². The first-order chi connectivity index (χ1) is 8.16. The number of aromatic nitrogens is 2. The van der Waals surface area contributed by atoms with Gasteiger partial charge in [-0.05, 0) is 19.1 Å². The Kier molecular flexibility index (Phi) is 3.34. The normalized spacial score (nSPS) is 12.1. The Hall–Kier alpha value is -1.95. The van der Waals surface area contributed by atoms with Gasteiger partial charge in [-0.2, -0.15) is 0 Å². The molecule has 0 saturated heterocycles. The summed E-state index contributed by atoms with van der Waals surface area (Å²) in [6, 6.07) is 3.46. The molecule has 2 rings (SSSR count). The van der Waals surface area contributed by atoms with Crippen LogP contribution in [0.25, 0.3) is 0 Å². The first-order valence-corrected chi connectivity index (χ1v) is 5.96. The summed E-state index contributed by atoms with van der Waals surface area (Å²) >= 11 is 1.58. The van der Waals surface area contributed by atoms with Gasteiger partial charge in [0.25, 0.3) is 0 Å². The second kappa shape index (κ2) is 4.92. The van der Waals surface area contributed by atoms with Crippen molar-refractivity contribution >= 4 is 23.1 Å². The third-order valence-electron chi connectivity index (χ3n) is 2.23. The fourth-order valence-corrected chi connectivity index (χ4v) is 2.00. The SMILES string of the molecule is CC(Nc1ccc(C(N)=O)cn1)c1nccs1. The summed E-state index contributed by atoms with van der Waals surface area (Å²) in [5, 5.41) is 6.11. The number of hydrogen-bond donors (Lipinski definition) is 2. The molecule has 0 saturated carbocycles. The van der Waals surface area contributed by atoms with Gasteiger partial charge in [0, 0.05) is 17.8 Å². The number of nitrogens with two attached hydrogens (primary N) is 1. The lowest BCUT2D eigenvalue weighted by atomic mass is 10.2. The lowest BCUT2D eigenvalue weighted by Crippen LogP contribution is -2.12. The molecule has 0 bridgehead atoms. The monoisotopic (exact) mass is 248 g/mol. The average Bonchev–Trinajstić information content (AvgIpc) is 2.83. The maximum Gasteiger partial charge on any atom is 0.250 e. The van der Waals surface area contributed by atoms with Crippen LogP contribution in [0.2, 0.25) is 0 Å². The van der Waals surface area contributed by atoms with Gasteiger partial charge >= 0.3 is 0 Å². The van der Waals surface area contributed by atoms with Gasteiger partial charge in [-0.1, -0.05) is 0 Å². The van der Waals surface area contributed by atoms with E-state index in [1.54, 1.807) is 29.7 Å². The van der Waals surface area contributed by atoms with Gasteiger partial charge in [-0.3, -0.25) is 4.79 Å². The molecule has 2 heterocycles. The molecule has 2 aromatic heterocycles. The number of nitrogens with zero attached hydrogens (tertiary/aromatic N) is 2. The first-order valence-electron chi connectivity index (χ1n) is 5.08. The summed E-state index contributed by atoms with van der Waals surface area (Å²) in [5.74, 6) is 0.217. The standard InChI is InChI=1S/C11H12N4OS/c1-7(11-13-4-5-17-11)15-9-3-2-8(6-14-9)10(12)16/h2-7H,1H3,(H2,12,16)(H,14,15). The van der Waals surface area contributed by atoms with Crippen molar-refractivity contribution in [1.29, 1.82) is 0 Å². The molecule has 0 aromatic carbocycles. The van der Waals surface area contributed by atoms with E-state index in [-0.39, 0.29) is 6.04 Å². The van der Waals surface area contributed by atoms with E-state index in [0.29, 0.717) is 11.4 Å². The quantitative estimate of drug-likeness (QED) is 0.864. The van der Waals surface area contributed by atoms with Gasteiger partial charge in [0.05, 0.1) is 11.6 Å². The van der Waals surface area contributed by atoms with Crippen LogP contribution in [0, 0.1) is 0 Å². The van der Waals surface area contributed by atoms with Crippen molar-refractivity contribution in [3.63, 3.8) is 0 Å². The minimum absolute atomic E-state index is 0.0851. The zero-order valence-electron chi connectivity index (χ0n) is 9.25. The van der Waals surface area contributed by atoms with Crippen LogP contribution in [-0.4, -0.2) is 15.9 Å². The summed E-state index contributed by atoms with van der Waals surface area (Å²) in [6.45, 7) is 2.00. The van der Waals surface area contributed by atoms with Gasteiger partial charge in [0.2, 0.25) is 5.91 Å². The fraction of sp³-hybridized carbons (Fsp3) is 0.182. The highest BCUT2D eigenvalue weighted by atomic mass is 32.1. The molecule has 3 N–H and O–H groups in total. The number of primary amides is 1. The number of rotatable bonds is 4. The Balaban J connectivity index is 2.06. The van der Waals surface area contributed by atoms with E-state index in [4.69, 9.17) is 5.73 Å². The fourth-order valence-electron chi connectivity index (χ4n) is 1.36. The highest BCUT2D eigenvalue weighted by molar-refractivity contribution is 7.09. The predicted octanol–water partition coefficient (Wildman–Crippen LogP) is 1.81. The lowest BCUT2D eigenvalue weighted by Gasteiger charge is -2.11. The van der Waals surface area contributed by atoms with Crippen LogP contribution in [-0.2, 0) is 0 Å². The molecule has 1 amide bonds. The largest absolute Gasteiger partial charge is 0.366 e. The number of amides is 1. The van der Waals surface area contributed by atoms with Gasteiger partial charge < -0.3 is 11.1 Å². The maximum atomic E-state index is 10.9. The summed E-state index contributed by atoms with van der Waals surface area (Å²) in [6.07, 6.45) is 3.22. The zero-order valence-corrected chi connectivity index (χ0v) is 10.1. The Morgan fingerprint density at radius 1 is 1.47 bits per heavy atom. The number of pyridine rings is 1. The van der Waals surface area contributed by atoms with Crippen LogP contribution >= 0.6 is 11.3 Å². The number of hydrogen-bond acceptors (Lipinski definition) is 5. The molecule has 0 radical (unpaired) electrons. The van der Waals surface area contributed by atoms with E-state index in [0.717, 1.165) is 5.01 Å². The molecule has 0 aliphatic heterocycles. The topological polar surface area (TPSA) is 80.9 Å². The number of carbonyl (C=O) groups excluding carboxylic acids is 1. The highest BCUT2D eigenvalue weighted by Gasteiger charge is 2.08. The molecule has 17 heavy (non-hydrogen) atoms. The maximum absolute atomic E-state index is 10.9. The predicted molar refractivity (Wildman–Crippen MR) is 66.9 cm³/mol. The van der Waals surface area contributed by atoms with Gasteiger partial charge in [0.1, 0.15) is 10.8 Å². The van der Waals surface area contributed by atoms with E-state index in [1.807, 2.05) is 12.3 Å². The van der Waals surface area contributed by atoms with Crippen LogP contribution in [0.4, 0.5) is 5.82 Å². The van der Waals surface area contributed by atoms with E-state index in [1.165, 1.54) is 6.20 Å². The third kappa shape index (κ3) is 2.79. The van der Waals surface area contributed by atoms with Crippen molar-refractivity contribution in [3.8, 4) is 0 Å². The molecular formula is C11H12N4OS. The Bertz CT molecular complexity index is 495. The zero-order chi connectivity index (χ0) is 12.3. The van der Waals surface area contributed by atoms with Crippen molar-refractivity contribution in [3.05, 3.63) is 40.5 Å². The number of carbonyl (C=O) groups is 1. The summed E-state index contributed by atoms with van der Waals surface area (Å²) in [7, 11) is 0. The van der Waals surface area contributed by atoms with Gasteiger partial charge in [0.15, 0.2) is 0 Å². The molecule has 0 aliphatic carbocycles. The highest BCUT2D eigenvalue weighted by Crippen LogP contribution is 2.19. The minimum Gasteiger partial charge on any atom is -0.366 e. The van der Waals surface area contributed by atoms with Crippen molar-refractivity contribution in [2.75, 3.05) is 5.32 Å². The summed E-state index contributed by atoms with van der Waals surface area (Å²) < 4.78 is 0. The second-order valence-electron chi connectivity index (χ2n) is 3.53. The van der Waals surface area contributed by atoms with Crippen molar-refractivity contribution in [2.45, 2.75) is 13.0 Å². The number of thiazole rings is 1. The van der Waals surface area contributed by atoms with Crippen LogP contribution in [0.3, 0.4) is 0 Å². The third-order valence-corrected chi connectivity index (χ3v) is 3.19. The van der Waals surface area contributed by atoms with Crippen LogP contribution in [0.15, 0.2) is 29.9 Å². The Morgan fingerprint density at radius 3 is 2.82 bits per heavy atom. The number of anilines is 1. The van der Waals surface area contributed by atoms with E-state index < -0.39 is 5.91 Å². The van der Waals surface area contributed by atoms with Gasteiger partial charge in [-0.25, -0.2) is 9.97 Å². The lowest BCUT2D eigenvalue weighted by molar-refractivity contribution is 0.1000. The number of nitrogens with one attached hydrogen (secondary N) is 1. The van der Waals surface area contributed by atoms with Crippen LogP contribution in [0.1, 0.15) is 28.3 Å². The van der Waals surface area contributed by atoms with Crippen molar-refractivity contribution in [1.82, 2.24) is 9.97 Å². The van der Waals surface area contributed by atoms with E-state index in [9.17, 15) is 4.79 Å². The van der Waals surface area contributed by atoms with Crippen molar-refractivity contribution < 1.29 is 4.79 Å². The summed E-state index contributed by atoms with van der Waals surface area (Å²) in [5.41, 5.74) is 5.53. The molecule has 2 aromatic rings. The Labute approximate surface area is 103 Å². The molecule has 0 fully saturated rings. The molecule has 5 nitrogen and oxygen atoms in total. The molecule has 0 spiro atoms. The van der Waals surface area contributed by atoms with Crippen molar-refractivity contribution in [2.24, 2.45) is 5.73 Å². The Morgan fingerprint density at radius 2 is 2.29 bits per heavy atom. The first kappa shape index (κ1) is 11.5. The summed E-state index contributed by atoms with van der Waals surface area (Å²) in [4.78, 5) is 19.2. The molecule has 88 valence electrons. The van der Waals surface area contributed by atoms with Gasteiger partial charge in [-0.15, -0.1) is 11.3 Å². The smallest absolute Gasteiger partial charge is 0.250 e.